The summed E-state index contributed by atoms with van der Waals surface area (Å²) in [6.45, 7) is 5.06. The van der Waals surface area contributed by atoms with Gasteiger partial charge >= 0.3 is 0 Å². The lowest BCUT2D eigenvalue weighted by Gasteiger charge is -2.16. The number of anilines is 2. The third kappa shape index (κ3) is 3.20. The Hall–Kier alpha value is -1.62. The quantitative estimate of drug-likeness (QED) is 0.836. The van der Waals surface area contributed by atoms with Crippen molar-refractivity contribution in [3.8, 4) is 0 Å². The molecule has 0 saturated carbocycles. The maximum atomic E-state index is 4.48. The molecule has 96 valence electrons. The molecular weight excluding hydrogens is 244 g/mol. The summed E-state index contributed by atoms with van der Waals surface area (Å²) in [5, 5.41) is 8.69. The zero-order valence-electron chi connectivity index (χ0n) is 10.7. The summed E-state index contributed by atoms with van der Waals surface area (Å²) in [6, 6.07) is 4.52. The molecule has 0 spiro atoms. The zero-order chi connectivity index (χ0) is 12.8. The van der Waals surface area contributed by atoms with Crippen molar-refractivity contribution in [2.24, 2.45) is 0 Å². The van der Waals surface area contributed by atoms with E-state index in [1.165, 1.54) is 4.88 Å². The number of hydrogen-bond donors (Lipinski definition) is 2. The minimum absolute atomic E-state index is 0.302. The van der Waals surface area contributed by atoms with E-state index in [1.54, 1.807) is 23.7 Å². The summed E-state index contributed by atoms with van der Waals surface area (Å²) in [5.41, 5.74) is 0. The third-order valence-electron chi connectivity index (χ3n) is 2.61. The Morgan fingerprint density at radius 1 is 1.28 bits per heavy atom. The van der Waals surface area contributed by atoms with Crippen molar-refractivity contribution in [2.45, 2.75) is 26.3 Å². The van der Waals surface area contributed by atoms with Gasteiger partial charge in [0.15, 0.2) is 0 Å². The fraction of sp³-hybridized carbons (Fsp3) is 0.385. The van der Waals surface area contributed by atoms with Gasteiger partial charge in [-0.05, 0) is 24.8 Å². The van der Waals surface area contributed by atoms with E-state index in [4.69, 9.17) is 0 Å². The van der Waals surface area contributed by atoms with Crippen LogP contribution in [0.3, 0.4) is 0 Å². The van der Waals surface area contributed by atoms with Crippen LogP contribution >= 0.6 is 11.3 Å². The monoisotopic (exact) mass is 262 g/mol. The molecule has 2 aromatic heterocycles. The van der Waals surface area contributed by atoms with Crippen LogP contribution in [0, 0.1) is 0 Å². The summed E-state index contributed by atoms with van der Waals surface area (Å²) < 4.78 is 0. The van der Waals surface area contributed by atoms with Crippen LogP contribution in [0.5, 0.6) is 0 Å². The molecule has 2 aromatic rings. The lowest BCUT2D eigenvalue weighted by molar-refractivity contribution is 0.757. The Morgan fingerprint density at radius 3 is 2.78 bits per heavy atom. The van der Waals surface area contributed by atoms with E-state index in [-0.39, 0.29) is 0 Å². The van der Waals surface area contributed by atoms with Gasteiger partial charge in [-0.15, -0.1) is 11.3 Å². The molecule has 0 bridgehead atoms. The van der Waals surface area contributed by atoms with Gasteiger partial charge in [-0.25, -0.2) is 4.98 Å². The second kappa shape index (κ2) is 6.35. The van der Waals surface area contributed by atoms with Gasteiger partial charge in [0.2, 0.25) is 0 Å². The molecule has 0 amide bonds. The molecule has 2 rings (SSSR count). The van der Waals surface area contributed by atoms with E-state index in [9.17, 15) is 0 Å². The van der Waals surface area contributed by atoms with Crippen LogP contribution in [0.4, 0.5) is 11.6 Å². The van der Waals surface area contributed by atoms with Gasteiger partial charge in [-0.1, -0.05) is 13.0 Å². The van der Waals surface area contributed by atoms with E-state index in [0.29, 0.717) is 6.04 Å². The molecule has 1 unspecified atom stereocenters. The number of rotatable bonds is 6. The first-order chi connectivity index (χ1) is 8.83. The zero-order valence-corrected chi connectivity index (χ0v) is 11.5. The summed E-state index contributed by atoms with van der Waals surface area (Å²) >= 11 is 1.76. The summed E-state index contributed by atoms with van der Waals surface area (Å²) in [7, 11) is 0. The lowest BCUT2D eigenvalue weighted by atomic mass is 10.2. The van der Waals surface area contributed by atoms with Crippen molar-refractivity contribution >= 4 is 23.0 Å². The molecule has 0 aliphatic rings. The van der Waals surface area contributed by atoms with Crippen LogP contribution in [0.15, 0.2) is 29.9 Å². The highest BCUT2D eigenvalue weighted by Crippen LogP contribution is 2.25. The fourth-order valence-corrected chi connectivity index (χ4v) is 2.61. The van der Waals surface area contributed by atoms with Crippen molar-refractivity contribution in [1.29, 1.82) is 0 Å². The second-order valence-electron chi connectivity index (χ2n) is 3.94. The summed E-state index contributed by atoms with van der Waals surface area (Å²) in [4.78, 5) is 9.99. The fourth-order valence-electron chi connectivity index (χ4n) is 1.74. The number of thiophene rings is 1. The highest BCUT2D eigenvalue weighted by atomic mass is 32.1. The highest BCUT2D eigenvalue weighted by Gasteiger charge is 2.10. The van der Waals surface area contributed by atoms with Crippen LogP contribution < -0.4 is 10.6 Å². The topological polar surface area (TPSA) is 49.8 Å². The molecule has 4 nitrogen and oxygen atoms in total. The number of hydrogen-bond acceptors (Lipinski definition) is 5. The first-order valence-electron chi connectivity index (χ1n) is 6.19. The molecule has 0 aromatic carbocycles. The minimum atomic E-state index is 0.302. The lowest BCUT2D eigenvalue weighted by Crippen LogP contribution is -2.10. The maximum Gasteiger partial charge on any atom is 0.147 e. The van der Waals surface area contributed by atoms with Crippen LogP contribution in [0.1, 0.15) is 31.2 Å². The highest BCUT2D eigenvalue weighted by molar-refractivity contribution is 7.10. The maximum absolute atomic E-state index is 4.48. The summed E-state index contributed by atoms with van der Waals surface area (Å²) in [5.74, 6) is 1.62. The first-order valence-corrected chi connectivity index (χ1v) is 7.07. The molecule has 0 saturated heterocycles. The van der Waals surface area contributed by atoms with E-state index >= 15 is 0 Å². The van der Waals surface area contributed by atoms with Gasteiger partial charge in [0.25, 0.3) is 0 Å². The van der Waals surface area contributed by atoms with Crippen LogP contribution in [-0.4, -0.2) is 16.5 Å². The van der Waals surface area contributed by atoms with Crippen LogP contribution in [-0.2, 0) is 0 Å². The van der Waals surface area contributed by atoms with Crippen molar-refractivity contribution in [2.75, 3.05) is 17.2 Å². The molecule has 5 heteroatoms. The normalized spacial score (nSPS) is 12.1. The van der Waals surface area contributed by atoms with Crippen molar-refractivity contribution in [1.82, 2.24) is 9.97 Å². The average Bonchev–Trinajstić information content (AvgIpc) is 2.90. The minimum Gasteiger partial charge on any atom is -0.369 e. The average molecular weight is 262 g/mol. The first kappa shape index (κ1) is 12.8. The molecule has 0 fully saturated rings. The molecule has 0 aliphatic heterocycles. The molecule has 2 heterocycles. The standard InChI is InChI=1S/C13H18N4S/c1-3-10(11-6-5-7-18-11)16-13-9-14-8-12(17-13)15-4-2/h5-10H,3-4H2,1-2H3,(H2,15,16,17). The van der Waals surface area contributed by atoms with Crippen molar-refractivity contribution in [3.63, 3.8) is 0 Å². The van der Waals surface area contributed by atoms with Crippen molar-refractivity contribution in [3.05, 3.63) is 34.8 Å². The van der Waals surface area contributed by atoms with E-state index in [0.717, 1.165) is 24.6 Å². The smallest absolute Gasteiger partial charge is 0.147 e. The molecule has 0 aliphatic carbocycles. The Labute approximate surface area is 111 Å². The SMILES string of the molecule is CCNc1cncc(NC(CC)c2cccs2)n1. The predicted molar refractivity (Wildman–Crippen MR) is 77.2 cm³/mol. The number of aromatic nitrogens is 2. The van der Waals surface area contributed by atoms with Gasteiger partial charge in [-0.2, -0.15) is 0 Å². The Bertz CT molecular complexity index is 470. The van der Waals surface area contributed by atoms with Crippen LogP contribution in [0.25, 0.3) is 0 Å². The molecule has 1 atom stereocenters. The Kier molecular flexibility index (Phi) is 4.52. The largest absolute Gasteiger partial charge is 0.369 e. The Balaban J connectivity index is 2.09. The van der Waals surface area contributed by atoms with Gasteiger partial charge in [-0.3, -0.25) is 4.98 Å². The van der Waals surface area contributed by atoms with Crippen molar-refractivity contribution < 1.29 is 0 Å². The van der Waals surface area contributed by atoms with Gasteiger partial charge in [0.1, 0.15) is 11.6 Å². The molecule has 2 N–H and O–H groups in total. The predicted octanol–water partition coefficient (Wildman–Crippen LogP) is 3.53. The molecule has 0 radical (unpaired) electrons. The third-order valence-corrected chi connectivity index (χ3v) is 3.60. The van der Waals surface area contributed by atoms with Gasteiger partial charge < -0.3 is 10.6 Å². The summed E-state index contributed by atoms with van der Waals surface area (Å²) in [6.07, 6.45) is 4.52. The number of nitrogens with zero attached hydrogens (tertiary/aromatic N) is 2. The molecular formula is C13H18N4S. The van der Waals surface area contributed by atoms with E-state index in [1.807, 2.05) is 6.92 Å². The van der Waals surface area contributed by atoms with E-state index in [2.05, 4.69) is 45.0 Å². The second-order valence-corrected chi connectivity index (χ2v) is 4.92. The Morgan fingerprint density at radius 2 is 2.11 bits per heavy atom. The van der Waals surface area contributed by atoms with Gasteiger partial charge in [0.05, 0.1) is 18.4 Å². The van der Waals surface area contributed by atoms with Crippen LogP contribution in [0.2, 0.25) is 0 Å². The molecule has 18 heavy (non-hydrogen) atoms. The van der Waals surface area contributed by atoms with E-state index < -0.39 is 0 Å². The van der Waals surface area contributed by atoms with Gasteiger partial charge in [0, 0.05) is 11.4 Å². The number of nitrogens with one attached hydrogen (secondary N) is 2.